The van der Waals surface area contributed by atoms with E-state index >= 15 is 0 Å². The number of aryl methyl sites for hydroxylation is 3. The van der Waals surface area contributed by atoms with Crippen LogP contribution in [0.5, 0.6) is 0 Å². The smallest absolute Gasteiger partial charge is 0.234 e. The lowest BCUT2D eigenvalue weighted by Crippen LogP contribution is -2.46. The Morgan fingerprint density at radius 2 is 2.17 bits per heavy atom. The SMILES string of the molecule is Cc1cc(C)n2c(CN3CCNCC3c3nccn3C)cnc2n1. The van der Waals surface area contributed by atoms with Gasteiger partial charge in [-0.1, -0.05) is 0 Å². The summed E-state index contributed by atoms with van der Waals surface area (Å²) in [5.74, 6) is 1.88. The first-order chi connectivity index (χ1) is 11.6. The van der Waals surface area contributed by atoms with Crippen LogP contribution in [0.25, 0.3) is 5.78 Å². The molecule has 1 fully saturated rings. The molecular formula is C17H23N7. The van der Waals surface area contributed by atoms with Crippen LogP contribution in [-0.2, 0) is 13.6 Å². The van der Waals surface area contributed by atoms with Gasteiger partial charge in [-0.05, 0) is 19.9 Å². The van der Waals surface area contributed by atoms with Crippen LogP contribution in [-0.4, -0.2) is 48.5 Å². The molecule has 7 nitrogen and oxygen atoms in total. The Kier molecular flexibility index (Phi) is 3.82. The van der Waals surface area contributed by atoms with Crippen LogP contribution in [0.4, 0.5) is 0 Å². The van der Waals surface area contributed by atoms with Crippen molar-refractivity contribution in [3.63, 3.8) is 0 Å². The van der Waals surface area contributed by atoms with Gasteiger partial charge in [0.2, 0.25) is 5.78 Å². The number of rotatable bonds is 3. The highest BCUT2D eigenvalue weighted by molar-refractivity contribution is 5.35. The lowest BCUT2D eigenvalue weighted by Gasteiger charge is -2.35. The van der Waals surface area contributed by atoms with Gasteiger partial charge < -0.3 is 9.88 Å². The lowest BCUT2D eigenvalue weighted by molar-refractivity contribution is 0.142. The fourth-order valence-electron chi connectivity index (χ4n) is 3.60. The fourth-order valence-corrected chi connectivity index (χ4v) is 3.60. The van der Waals surface area contributed by atoms with Gasteiger partial charge >= 0.3 is 0 Å². The van der Waals surface area contributed by atoms with E-state index < -0.39 is 0 Å². The van der Waals surface area contributed by atoms with E-state index in [2.05, 4.69) is 54.2 Å². The summed E-state index contributed by atoms with van der Waals surface area (Å²) < 4.78 is 4.26. The highest BCUT2D eigenvalue weighted by Gasteiger charge is 2.27. The number of hydrogen-bond acceptors (Lipinski definition) is 5. The number of imidazole rings is 2. The summed E-state index contributed by atoms with van der Waals surface area (Å²) >= 11 is 0. The Bertz CT molecular complexity index is 863. The molecule has 126 valence electrons. The number of nitrogens with zero attached hydrogens (tertiary/aromatic N) is 6. The second-order valence-electron chi connectivity index (χ2n) is 6.51. The maximum Gasteiger partial charge on any atom is 0.234 e. The van der Waals surface area contributed by atoms with Crippen molar-refractivity contribution in [2.75, 3.05) is 19.6 Å². The molecule has 0 bridgehead atoms. The Labute approximate surface area is 141 Å². The van der Waals surface area contributed by atoms with Gasteiger partial charge in [0, 0.05) is 57.0 Å². The summed E-state index contributed by atoms with van der Waals surface area (Å²) in [6.45, 7) is 7.86. The molecule has 0 spiro atoms. The predicted octanol–water partition coefficient (Wildman–Crippen LogP) is 1.23. The Morgan fingerprint density at radius 3 is 2.96 bits per heavy atom. The van der Waals surface area contributed by atoms with Crippen LogP contribution in [0.3, 0.4) is 0 Å². The van der Waals surface area contributed by atoms with E-state index in [0.29, 0.717) is 0 Å². The van der Waals surface area contributed by atoms with Crippen LogP contribution < -0.4 is 5.32 Å². The van der Waals surface area contributed by atoms with Crippen LogP contribution in [0, 0.1) is 13.8 Å². The van der Waals surface area contributed by atoms with Crippen molar-refractivity contribution in [3.05, 3.63) is 47.6 Å². The quantitative estimate of drug-likeness (QED) is 0.785. The molecule has 1 aliphatic heterocycles. The molecule has 0 aliphatic carbocycles. The Morgan fingerprint density at radius 1 is 1.29 bits per heavy atom. The number of hydrogen-bond donors (Lipinski definition) is 1. The molecule has 3 aromatic heterocycles. The second-order valence-corrected chi connectivity index (χ2v) is 6.51. The third kappa shape index (κ3) is 2.59. The van der Waals surface area contributed by atoms with Crippen LogP contribution in [0.2, 0.25) is 0 Å². The maximum atomic E-state index is 4.56. The maximum absolute atomic E-state index is 4.56. The van der Waals surface area contributed by atoms with Crippen molar-refractivity contribution >= 4 is 5.78 Å². The largest absolute Gasteiger partial charge is 0.337 e. The summed E-state index contributed by atoms with van der Waals surface area (Å²) in [7, 11) is 2.06. The molecule has 1 aliphatic rings. The van der Waals surface area contributed by atoms with Crippen LogP contribution in [0.15, 0.2) is 24.7 Å². The predicted molar refractivity (Wildman–Crippen MR) is 91.7 cm³/mol. The van der Waals surface area contributed by atoms with E-state index in [4.69, 9.17) is 0 Å². The van der Waals surface area contributed by atoms with Gasteiger partial charge in [0.1, 0.15) is 5.82 Å². The van der Waals surface area contributed by atoms with Crippen molar-refractivity contribution < 1.29 is 0 Å². The first kappa shape index (κ1) is 15.3. The van der Waals surface area contributed by atoms with E-state index in [1.165, 1.54) is 11.4 Å². The minimum atomic E-state index is 0.267. The average Bonchev–Trinajstić information content (AvgIpc) is 3.14. The third-order valence-corrected chi connectivity index (χ3v) is 4.74. The first-order valence-corrected chi connectivity index (χ1v) is 8.36. The zero-order valence-corrected chi connectivity index (χ0v) is 14.4. The monoisotopic (exact) mass is 325 g/mol. The molecule has 1 N–H and O–H groups in total. The van der Waals surface area contributed by atoms with Crippen LogP contribution in [0.1, 0.15) is 28.9 Å². The molecule has 0 saturated carbocycles. The first-order valence-electron chi connectivity index (χ1n) is 8.36. The molecule has 0 amide bonds. The Balaban J connectivity index is 1.67. The lowest BCUT2D eigenvalue weighted by atomic mass is 10.1. The third-order valence-electron chi connectivity index (χ3n) is 4.74. The number of aromatic nitrogens is 5. The molecule has 0 radical (unpaired) electrons. The fraction of sp³-hybridized carbons (Fsp3) is 0.471. The molecule has 1 saturated heterocycles. The molecule has 3 aromatic rings. The van der Waals surface area contributed by atoms with Gasteiger partial charge in [-0.3, -0.25) is 9.30 Å². The van der Waals surface area contributed by atoms with Gasteiger partial charge in [-0.25, -0.2) is 15.0 Å². The summed E-state index contributed by atoms with van der Waals surface area (Å²) in [5, 5.41) is 3.49. The van der Waals surface area contributed by atoms with Gasteiger partial charge in [0.05, 0.1) is 17.9 Å². The summed E-state index contributed by atoms with van der Waals surface area (Å²) in [5.41, 5.74) is 3.36. The Hall–Kier alpha value is -2.25. The molecular weight excluding hydrogens is 302 g/mol. The zero-order valence-electron chi connectivity index (χ0n) is 14.4. The standard InChI is InChI=1S/C17H23N7/c1-12-8-13(2)24-14(9-20-17(24)21-12)11-23-7-4-18-10-15(23)16-19-5-6-22(16)3/h5-6,8-9,15,18H,4,7,10-11H2,1-3H3. The van der Waals surface area contributed by atoms with E-state index in [0.717, 1.165) is 43.5 Å². The molecule has 1 atom stereocenters. The van der Waals surface area contributed by atoms with Gasteiger partial charge in [0.25, 0.3) is 0 Å². The molecule has 4 rings (SSSR count). The van der Waals surface area contributed by atoms with Gasteiger partial charge in [-0.2, -0.15) is 0 Å². The molecule has 0 aromatic carbocycles. The zero-order chi connectivity index (χ0) is 16.7. The van der Waals surface area contributed by atoms with Gasteiger partial charge in [0.15, 0.2) is 0 Å². The van der Waals surface area contributed by atoms with Crippen molar-refractivity contribution in [2.24, 2.45) is 7.05 Å². The molecule has 7 heteroatoms. The second kappa shape index (κ2) is 5.99. The minimum absolute atomic E-state index is 0.267. The van der Waals surface area contributed by atoms with Crippen molar-refractivity contribution in [1.82, 2.24) is 34.1 Å². The van der Waals surface area contributed by atoms with Gasteiger partial charge in [-0.15, -0.1) is 0 Å². The number of piperazine rings is 1. The van der Waals surface area contributed by atoms with E-state index in [-0.39, 0.29) is 6.04 Å². The van der Waals surface area contributed by atoms with Crippen molar-refractivity contribution in [2.45, 2.75) is 26.4 Å². The normalized spacial score (nSPS) is 19.2. The van der Waals surface area contributed by atoms with Crippen molar-refractivity contribution in [1.29, 1.82) is 0 Å². The molecule has 1 unspecified atom stereocenters. The summed E-state index contributed by atoms with van der Waals surface area (Å²) in [6.07, 6.45) is 5.83. The number of fused-ring (bicyclic) bond motifs is 1. The van der Waals surface area contributed by atoms with E-state index in [9.17, 15) is 0 Å². The summed E-state index contributed by atoms with van der Waals surface area (Å²) in [4.78, 5) is 16.1. The topological polar surface area (TPSA) is 63.3 Å². The molecule has 4 heterocycles. The van der Waals surface area contributed by atoms with E-state index in [1.807, 2.05) is 25.5 Å². The highest BCUT2D eigenvalue weighted by Crippen LogP contribution is 2.23. The molecule has 24 heavy (non-hydrogen) atoms. The average molecular weight is 325 g/mol. The van der Waals surface area contributed by atoms with Crippen molar-refractivity contribution in [3.8, 4) is 0 Å². The minimum Gasteiger partial charge on any atom is -0.337 e. The summed E-state index contributed by atoms with van der Waals surface area (Å²) in [6, 6.07) is 2.37. The van der Waals surface area contributed by atoms with E-state index in [1.54, 1.807) is 0 Å². The highest BCUT2D eigenvalue weighted by atomic mass is 15.3. The number of nitrogens with one attached hydrogen (secondary N) is 1. The van der Waals surface area contributed by atoms with Crippen LogP contribution >= 0.6 is 0 Å².